The molecule has 1 saturated heterocycles. The van der Waals surface area contributed by atoms with Crippen LogP contribution in [0.25, 0.3) is 0 Å². The van der Waals surface area contributed by atoms with Crippen molar-refractivity contribution < 1.29 is 17.9 Å². The Labute approximate surface area is 157 Å². The van der Waals surface area contributed by atoms with Gasteiger partial charge >= 0.3 is 5.97 Å². The number of aromatic nitrogens is 1. The highest BCUT2D eigenvalue weighted by molar-refractivity contribution is 7.89. The second kappa shape index (κ2) is 8.16. The second-order valence-electron chi connectivity index (χ2n) is 6.09. The Morgan fingerprint density at radius 1 is 1.15 bits per heavy atom. The average Bonchev–Trinajstić information content (AvgIpc) is 2.68. The van der Waals surface area contributed by atoms with Crippen molar-refractivity contribution in [2.75, 3.05) is 13.1 Å². The van der Waals surface area contributed by atoms with Crippen LogP contribution in [-0.4, -0.2) is 36.8 Å². The maximum atomic E-state index is 12.6. The first kappa shape index (κ1) is 18.8. The van der Waals surface area contributed by atoms with Crippen molar-refractivity contribution in [3.63, 3.8) is 0 Å². The number of piperidine rings is 1. The molecule has 0 bridgehead atoms. The molecule has 6 nitrogen and oxygen atoms in total. The predicted octanol–water partition coefficient (Wildman–Crippen LogP) is 2.88. The lowest BCUT2D eigenvalue weighted by atomic mass is 9.98. The molecule has 8 heteroatoms. The Morgan fingerprint density at radius 3 is 2.46 bits per heavy atom. The van der Waals surface area contributed by atoms with Crippen molar-refractivity contribution in [1.82, 2.24) is 9.29 Å². The van der Waals surface area contributed by atoms with Crippen LogP contribution in [0.4, 0.5) is 0 Å². The van der Waals surface area contributed by atoms with E-state index in [-0.39, 0.29) is 23.4 Å². The number of esters is 1. The zero-order valence-corrected chi connectivity index (χ0v) is 15.6. The normalized spacial score (nSPS) is 16.3. The van der Waals surface area contributed by atoms with E-state index < -0.39 is 10.0 Å². The Hall–Kier alpha value is -1.96. The fourth-order valence-corrected chi connectivity index (χ4v) is 4.44. The Bertz CT molecular complexity index is 849. The average molecular weight is 395 g/mol. The lowest BCUT2D eigenvalue weighted by Crippen LogP contribution is -2.40. The van der Waals surface area contributed by atoms with Crippen LogP contribution >= 0.6 is 11.6 Å². The van der Waals surface area contributed by atoms with E-state index in [1.54, 1.807) is 48.7 Å². The van der Waals surface area contributed by atoms with Crippen molar-refractivity contribution in [3.05, 3.63) is 59.4 Å². The minimum atomic E-state index is -3.51. The molecule has 0 spiro atoms. The molecule has 0 atom stereocenters. The van der Waals surface area contributed by atoms with E-state index >= 15 is 0 Å². The predicted molar refractivity (Wildman–Crippen MR) is 97.0 cm³/mol. The molecule has 1 aromatic heterocycles. The summed E-state index contributed by atoms with van der Waals surface area (Å²) in [6.07, 6.45) is 2.46. The fraction of sp³-hybridized carbons (Fsp3) is 0.333. The summed E-state index contributed by atoms with van der Waals surface area (Å²) < 4.78 is 31.9. The SMILES string of the molecule is O=C(OCc1ccc(Cl)nc1)C1CCN(S(=O)(=O)c2ccccc2)CC1. The molecule has 2 aromatic rings. The third kappa shape index (κ3) is 4.41. The largest absolute Gasteiger partial charge is 0.461 e. The van der Waals surface area contributed by atoms with Gasteiger partial charge in [0.25, 0.3) is 0 Å². The first-order valence-electron chi connectivity index (χ1n) is 8.29. The topological polar surface area (TPSA) is 76.6 Å². The standard InChI is InChI=1S/C18H19ClN2O4S/c19-17-7-6-14(12-20-17)13-25-18(22)15-8-10-21(11-9-15)26(23,24)16-4-2-1-3-5-16/h1-7,12,15H,8-11,13H2. The van der Waals surface area contributed by atoms with E-state index in [0.29, 0.717) is 31.1 Å². The van der Waals surface area contributed by atoms with Crippen molar-refractivity contribution in [3.8, 4) is 0 Å². The highest BCUT2D eigenvalue weighted by Crippen LogP contribution is 2.24. The molecule has 1 aliphatic rings. The monoisotopic (exact) mass is 394 g/mol. The van der Waals surface area contributed by atoms with Crippen molar-refractivity contribution in [1.29, 1.82) is 0 Å². The maximum Gasteiger partial charge on any atom is 0.309 e. The molecule has 1 fully saturated rings. The molecule has 2 heterocycles. The summed E-state index contributed by atoms with van der Waals surface area (Å²) >= 11 is 5.72. The van der Waals surface area contributed by atoms with Gasteiger partial charge in [0.1, 0.15) is 11.8 Å². The third-order valence-corrected chi connectivity index (χ3v) is 6.47. The summed E-state index contributed by atoms with van der Waals surface area (Å²) in [4.78, 5) is 16.4. The number of pyridine rings is 1. The Kier molecular flexibility index (Phi) is 5.90. The summed E-state index contributed by atoms with van der Waals surface area (Å²) in [6, 6.07) is 11.7. The number of carbonyl (C=O) groups excluding carboxylic acids is 1. The van der Waals surface area contributed by atoms with Gasteiger partial charge in [-0.1, -0.05) is 35.9 Å². The van der Waals surface area contributed by atoms with Gasteiger partial charge in [-0.2, -0.15) is 4.31 Å². The molecule has 0 radical (unpaired) electrons. The molecule has 0 amide bonds. The summed E-state index contributed by atoms with van der Waals surface area (Å²) in [5, 5.41) is 0.382. The summed E-state index contributed by atoms with van der Waals surface area (Å²) in [5.74, 6) is -0.603. The first-order chi connectivity index (χ1) is 12.5. The number of sulfonamides is 1. The Morgan fingerprint density at radius 2 is 1.85 bits per heavy atom. The summed E-state index contributed by atoms with van der Waals surface area (Å²) in [7, 11) is -3.51. The smallest absolute Gasteiger partial charge is 0.309 e. The van der Waals surface area contributed by atoms with Crippen LogP contribution in [-0.2, 0) is 26.2 Å². The Balaban J connectivity index is 1.53. The third-order valence-electron chi connectivity index (χ3n) is 4.34. The van der Waals surface area contributed by atoms with Gasteiger partial charge in [-0.05, 0) is 31.0 Å². The number of rotatable bonds is 5. The van der Waals surface area contributed by atoms with E-state index in [9.17, 15) is 13.2 Å². The molecule has 26 heavy (non-hydrogen) atoms. The number of ether oxygens (including phenoxy) is 1. The molecular weight excluding hydrogens is 376 g/mol. The molecule has 0 unspecified atom stereocenters. The number of carbonyl (C=O) groups is 1. The summed E-state index contributed by atoms with van der Waals surface area (Å²) in [6.45, 7) is 0.741. The number of nitrogens with zero attached hydrogens (tertiary/aromatic N) is 2. The molecule has 0 N–H and O–H groups in total. The van der Waals surface area contributed by atoms with Crippen LogP contribution in [0.5, 0.6) is 0 Å². The van der Waals surface area contributed by atoms with Gasteiger partial charge in [-0.3, -0.25) is 4.79 Å². The number of hydrogen-bond acceptors (Lipinski definition) is 5. The summed E-state index contributed by atoms with van der Waals surface area (Å²) in [5.41, 5.74) is 0.756. The van der Waals surface area contributed by atoms with Crippen LogP contribution in [0.2, 0.25) is 5.15 Å². The number of hydrogen-bond donors (Lipinski definition) is 0. The van der Waals surface area contributed by atoms with Gasteiger partial charge in [0.05, 0.1) is 10.8 Å². The van der Waals surface area contributed by atoms with Crippen LogP contribution < -0.4 is 0 Å². The fourth-order valence-electron chi connectivity index (χ4n) is 2.84. The zero-order chi connectivity index (χ0) is 18.6. The van der Waals surface area contributed by atoms with Crippen LogP contribution in [0.1, 0.15) is 18.4 Å². The molecule has 138 valence electrons. The zero-order valence-electron chi connectivity index (χ0n) is 14.0. The van der Waals surface area contributed by atoms with Crippen LogP contribution in [0, 0.1) is 5.92 Å². The van der Waals surface area contributed by atoms with Crippen molar-refractivity contribution >= 4 is 27.6 Å². The van der Waals surface area contributed by atoms with E-state index in [4.69, 9.17) is 16.3 Å². The maximum absolute atomic E-state index is 12.6. The quantitative estimate of drug-likeness (QED) is 0.575. The molecule has 3 rings (SSSR count). The lowest BCUT2D eigenvalue weighted by Gasteiger charge is -2.30. The first-order valence-corrected chi connectivity index (χ1v) is 10.1. The van der Waals surface area contributed by atoms with E-state index in [1.807, 2.05) is 0 Å². The van der Waals surface area contributed by atoms with Crippen LogP contribution in [0.3, 0.4) is 0 Å². The van der Waals surface area contributed by atoms with Gasteiger partial charge in [0.15, 0.2) is 0 Å². The van der Waals surface area contributed by atoms with Crippen molar-refractivity contribution in [2.24, 2.45) is 5.92 Å². The van der Waals surface area contributed by atoms with Gasteiger partial charge in [-0.25, -0.2) is 13.4 Å². The second-order valence-corrected chi connectivity index (χ2v) is 8.41. The highest BCUT2D eigenvalue weighted by Gasteiger charge is 2.32. The molecule has 0 saturated carbocycles. The van der Waals surface area contributed by atoms with Crippen LogP contribution in [0.15, 0.2) is 53.6 Å². The molecule has 1 aromatic carbocycles. The van der Waals surface area contributed by atoms with Gasteiger partial charge < -0.3 is 4.74 Å². The molecule has 0 aliphatic carbocycles. The number of halogens is 1. The lowest BCUT2D eigenvalue weighted by molar-refractivity contribution is -0.151. The van der Waals surface area contributed by atoms with E-state index in [1.165, 1.54) is 4.31 Å². The highest BCUT2D eigenvalue weighted by atomic mass is 35.5. The van der Waals surface area contributed by atoms with E-state index in [0.717, 1.165) is 5.56 Å². The van der Waals surface area contributed by atoms with Crippen molar-refractivity contribution in [2.45, 2.75) is 24.3 Å². The van der Waals surface area contributed by atoms with Gasteiger partial charge in [0.2, 0.25) is 10.0 Å². The minimum absolute atomic E-state index is 0.130. The van der Waals surface area contributed by atoms with E-state index in [2.05, 4.69) is 4.98 Å². The number of benzene rings is 1. The minimum Gasteiger partial charge on any atom is -0.461 e. The van der Waals surface area contributed by atoms with Gasteiger partial charge in [0, 0.05) is 24.8 Å². The molecule has 1 aliphatic heterocycles. The van der Waals surface area contributed by atoms with Gasteiger partial charge in [-0.15, -0.1) is 0 Å². The molecular formula is C18H19ClN2O4S.